The molecule has 0 aliphatic carbocycles. The van der Waals surface area contributed by atoms with Crippen LogP contribution in [0.4, 0.5) is 0 Å². The molecule has 0 amide bonds. The molecule has 0 bridgehead atoms. The van der Waals surface area contributed by atoms with Crippen LogP contribution < -0.4 is 0 Å². The van der Waals surface area contributed by atoms with Crippen molar-refractivity contribution in [2.45, 2.75) is 46.6 Å². The molecule has 0 radical (unpaired) electrons. The first kappa shape index (κ1) is 14.9. The summed E-state index contributed by atoms with van der Waals surface area (Å²) >= 11 is 0. The Kier molecular flexibility index (Phi) is 6.05. The zero-order valence-corrected chi connectivity index (χ0v) is 10.7. The molecular weight excluding hydrogens is 204 g/mol. The highest BCUT2D eigenvalue weighted by atomic mass is 16.4. The van der Waals surface area contributed by atoms with Gasteiger partial charge in [-0.1, -0.05) is 6.92 Å². The minimum atomic E-state index is -0.773. The Hall–Kier alpha value is -1.08. The summed E-state index contributed by atoms with van der Waals surface area (Å²) in [5.41, 5.74) is -0.337. The molecule has 0 saturated carbocycles. The summed E-state index contributed by atoms with van der Waals surface area (Å²) in [6.45, 7) is 9.32. The van der Waals surface area contributed by atoms with Crippen molar-refractivity contribution in [3.8, 4) is 6.07 Å². The maximum absolute atomic E-state index is 10.6. The number of aliphatic carboxylic acids is 1. The lowest BCUT2D eigenvalue weighted by atomic mass is 9.91. The molecule has 92 valence electrons. The maximum Gasteiger partial charge on any atom is 0.304 e. The fourth-order valence-corrected chi connectivity index (χ4v) is 1.55. The third kappa shape index (κ3) is 5.72. The van der Waals surface area contributed by atoms with Gasteiger partial charge in [-0.2, -0.15) is 5.26 Å². The molecule has 0 aliphatic rings. The smallest absolute Gasteiger partial charge is 0.304 e. The molecule has 0 saturated heterocycles. The fourth-order valence-electron chi connectivity index (χ4n) is 1.55. The van der Waals surface area contributed by atoms with E-state index in [1.807, 2.05) is 27.7 Å². The standard InChI is InChI=1S/C12H22N2O2/c1-5-14(10(2)8-11(15)16)7-6-12(3,4)9-13/h10H,5-8H2,1-4H3,(H,15,16). The first-order chi connectivity index (χ1) is 7.32. The van der Waals surface area contributed by atoms with E-state index < -0.39 is 5.97 Å². The van der Waals surface area contributed by atoms with Gasteiger partial charge in [0.15, 0.2) is 0 Å². The molecule has 1 unspecified atom stereocenters. The number of carboxylic acid groups (broad SMARTS) is 1. The molecule has 4 heteroatoms. The monoisotopic (exact) mass is 226 g/mol. The van der Waals surface area contributed by atoms with Crippen LogP contribution >= 0.6 is 0 Å². The van der Waals surface area contributed by atoms with Gasteiger partial charge in [0, 0.05) is 6.04 Å². The van der Waals surface area contributed by atoms with Crippen molar-refractivity contribution in [1.29, 1.82) is 5.26 Å². The minimum absolute atomic E-state index is 0.0250. The Labute approximate surface area is 97.9 Å². The minimum Gasteiger partial charge on any atom is -0.481 e. The Morgan fingerprint density at radius 1 is 1.56 bits per heavy atom. The summed E-state index contributed by atoms with van der Waals surface area (Å²) in [5.74, 6) is -0.773. The van der Waals surface area contributed by atoms with Gasteiger partial charge in [-0.25, -0.2) is 0 Å². The first-order valence-corrected chi connectivity index (χ1v) is 5.69. The van der Waals surface area contributed by atoms with E-state index in [2.05, 4.69) is 11.0 Å². The number of nitrogens with zero attached hydrogens (tertiary/aromatic N) is 2. The molecule has 0 aromatic heterocycles. The van der Waals surface area contributed by atoms with Crippen molar-refractivity contribution < 1.29 is 9.90 Å². The third-order valence-corrected chi connectivity index (χ3v) is 2.83. The van der Waals surface area contributed by atoms with Crippen molar-refractivity contribution in [2.24, 2.45) is 5.41 Å². The molecule has 0 spiro atoms. The number of nitriles is 1. The lowest BCUT2D eigenvalue weighted by Crippen LogP contribution is -2.36. The first-order valence-electron chi connectivity index (χ1n) is 5.69. The molecule has 4 nitrogen and oxygen atoms in total. The van der Waals surface area contributed by atoms with Gasteiger partial charge in [0.1, 0.15) is 0 Å². The fraction of sp³-hybridized carbons (Fsp3) is 0.833. The number of rotatable bonds is 7. The van der Waals surface area contributed by atoms with Gasteiger partial charge in [-0.15, -0.1) is 0 Å². The highest BCUT2D eigenvalue weighted by molar-refractivity contribution is 5.67. The topological polar surface area (TPSA) is 64.3 Å². The second-order valence-corrected chi connectivity index (χ2v) is 4.82. The van der Waals surface area contributed by atoms with Crippen molar-refractivity contribution in [3.63, 3.8) is 0 Å². The molecule has 0 rings (SSSR count). The van der Waals surface area contributed by atoms with Gasteiger partial charge < -0.3 is 10.0 Å². The van der Waals surface area contributed by atoms with Crippen LogP contribution in [0.1, 0.15) is 40.5 Å². The molecule has 0 aliphatic heterocycles. The van der Waals surface area contributed by atoms with Crippen molar-refractivity contribution in [2.75, 3.05) is 13.1 Å². The summed E-state index contributed by atoms with van der Waals surface area (Å²) in [5, 5.41) is 17.6. The molecular formula is C12H22N2O2. The van der Waals surface area contributed by atoms with E-state index in [4.69, 9.17) is 10.4 Å². The number of hydrogen-bond donors (Lipinski definition) is 1. The van der Waals surface area contributed by atoms with E-state index in [-0.39, 0.29) is 17.9 Å². The third-order valence-electron chi connectivity index (χ3n) is 2.83. The Morgan fingerprint density at radius 3 is 2.50 bits per heavy atom. The van der Waals surface area contributed by atoms with Gasteiger partial charge in [0.2, 0.25) is 0 Å². The Morgan fingerprint density at radius 2 is 2.12 bits per heavy atom. The summed E-state index contributed by atoms with van der Waals surface area (Å²) in [7, 11) is 0. The number of carbonyl (C=O) groups is 1. The summed E-state index contributed by atoms with van der Waals surface area (Å²) < 4.78 is 0. The Balaban J connectivity index is 4.21. The van der Waals surface area contributed by atoms with E-state index in [1.165, 1.54) is 0 Å². The van der Waals surface area contributed by atoms with Crippen LogP contribution in [0.2, 0.25) is 0 Å². The average Bonchev–Trinajstić information content (AvgIpc) is 2.17. The predicted octanol–water partition coefficient (Wildman–Crippen LogP) is 2.11. The summed E-state index contributed by atoms with van der Waals surface area (Å²) in [6.07, 6.45) is 0.919. The van der Waals surface area contributed by atoms with E-state index >= 15 is 0 Å². The second-order valence-electron chi connectivity index (χ2n) is 4.82. The average molecular weight is 226 g/mol. The van der Waals surface area contributed by atoms with Crippen LogP contribution in [0.25, 0.3) is 0 Å². The van der Waals surface area contributed by atoms with E-state index in [9.17, 15) is 4.79 Å². The highest BCUT2D eigenvalue weighted by Crippen LogP contribution is 2.19. The molecule has 16 heavy (non-hydrogen) atoms. The molecule has 0 aromatic carbocycles. The highest BCUT2D eigenvalue weighted by Gasteiger charge is 2.21. The Bertz CT molecular complexity index is 269. The zero-order chi connectivity index (χ0) is 12.8. The predicted molar refractivity (Wildman–Crippen MR) is 63.0 cm³/mol. The van der Waals surface area contributed by atoms with E-state index in [0.717, 1.165) is 19.5 Å². The lowest BCUT2D eigenvalue weighted by molar-refractivity contribution is -0.138. The van der Waals surface area contributed by atoms with Gasteiger partial charge in [0.05, 0.1) is 17.9 Å². The van der Waals surface area contributed by atoms with Crippen LogP contribution in [0.15, 0.2) is 0 Å². The van der Waals surface area contributed by atoms with Gasteiger partial charge in [-0.3, -0.25) is 4.79 Å². The van der Waals surface area contributed by atoms with Crippen molar-refractivity contribution >= 4 is 5.97 Å². The van der Waals surface area contributed by atoms with E-state index in [0.29, 0.717) is 0 Å². The SMILES string of the molecule is CCN(CCC(C)(C)C#N)C(C)CC(=O)O. The molecule has 0 heterocycles. The molecule has 1 atom stereocenters. The maximum atomic E-state index is 10.6. The number of carboxylic acids is 1. The van der Waals surface area contributed by atoms with Gasteiger partial charge >= 0.3 is 5.97 Å². The van der Waals surface area contributed by atoms with Crippen LogP contribution in [0, 0.1) is 16.7 Å². The van der Waals surface area contributed by atoms with Crippen LogP contribution in [-0.2, 0) is 4.79 Å². The van der Waals surface area contributed by atoms with E-state index in [1.54, 1.807) is 0 Å². The van der Waals surface area contributed by atoms with Crippen LogP contribution in [-0.4, -0.2) is 35.1 Å². The molecule has 0 aromatic rings. The quantitative estimate of drug-likeness (QED) is 0.722. The van der Waals surface area contributed by atoms with Crippen molar-refractivity contribution in [3.05, 3.63) is 0 Å². The van der Waals surface area contributed by atoms with Gasteiger partial charge in [-0.05, 0) is 40.3 Å². The summed E-state index contributed by atoms with van der Waals surface area (Å²) in [6, 6.07) is 2.28. The second kappa shape index (κ2) is 6.49. The lowest BCUT2D eigenvalue weighted by Gasteiger charge is -2.29. The normalized spacial score (nSPS) is 13.5. The summed E-state index contributed by atoms with van der Waals surface area (Å²) in [4.78, 5) is 12.7. The molecule has 0 fully saturated rings. The van der Waals surface area contributed by atoms with Gasteiger partial charge in [0.25, 0.3) is 0 Å². The zero-order valence-electron chi connectivity index (χ0n) is 10.7. The van der Waals surface area contributed by atoms with Crippen LogP contribution in [0.3, 0.4) is 0 Å². The molecule has 1 N–H and O–H groups in total. The van der Waals surface area contributed by atoms with Crippen LogP contribution in [0.5, 0.6) is 0 Å². The largest absolute Gasteiger partial charge is 0.481 e. The van der Waals surface area contributed by atoms with Crippen molar-refractivity contribution in [1.82, 2.24) is 4.90 Å². The number of hydrogen-bond acceptors (Lipinski definition) is 3.